The van der Waals surface area contributed by atoms with E-state index in [1.165, 1.54) is 12.1 Å². The van der Waals surface area contributed by atoms with Crippen molar-refractivity contribution in [1.29, 1.82) is 0 Å². The van der Waals surface area contributed by atoms with E-state index in [0.717, 1.165) is 24.5 Å². The molecule has 0 saturated heterocycles. The van der Waals surface area contributed by atoms with E-state index in [4.69, 9.17) is 5.14 Å². The first-order valence-corrected chi connectivity index (χ1v) is 7.02. The van der Waals surface area contributed by atoms with Crippen LogP contribution in [0, 0.1) is 0 Å². The zero-order chi connectivity index (χ0) is 13.8. The zero-order valence-corrected chi connectivity index (χ0v) is 11.0. The fourth-order valence-corrected chi connectivity index (χ4v) is 2.27. The number of hydrogen-bond donors (Lipinski definition) is 2. The number of hydrogen-bond acceptors (Lipinski definition) is 3. The van der Waals surface area contributed by atoms with Gasteiger partial charge in [-0.25, -0.2) is 13.6 Å². The molecule has 0 aromatic heterocycles. The van der Waals surface area contributed by atoms with Gasteiger partial charge < -0.3 is 5.32 Å². The lowest BCUT2D eigenvalue weighted by Gasteiger charge is -2.10. The Hall–Kier alpha value is -1.66. The van der Waals surface area contributed by atoms with Crippen LogP contribution in [0.3, 0.4) is 0 Å². The molecule has 18 heavy (non-hydrogen) atoms. The molecule has 0 bridgehead atoms. The molecule has 0 atom stereocenters. The Bertz CT molecular complexity index is 565. The molecule has 98 valence electrons. The molecule has 3 N–H and O–H groups in total. The van der Waals surface area contributed by atoms with Crippen LogP contribution in [-0.2, 0) is 21.2 Å². The van der Waals surface area contributed by atoms with Crippen molar-refractivity contribution < 1.29 is 13.2 Å². The van der Waals surface area contributed by atoms with E-state index in [1.807, 2.05) is 6.92 Å². The van der Waals surface area contributed by atoms with Crippen LogP contribution in [0.5, 0.6) is 0 Å². The standard InChI is InChI=1S/C12H16N2O3S/c1-3-5-9-6-7-10(14-12(15)4-2)11(8-9)18(13,16)17/h4,6-8H,2-3,5H2,1H3,(H,14,15)(H2,13,16,17). The van der Waals surface area contributed by atoms with Crippen LogP contribution in [0.1, 0.15) is 18.9 Å². The number of amides is 1. The highest BCUT2D eigenvalue weighted by atomic mass is 32.2. The maximum absolute atomic E-state index is 11.5. The molecule has 0 saturated carbocycles. The lowest BCUT2D eigenvalue weighted by Crippen LogP contribution is -2.17. The van der Waals surface area contributed by atoms with Gasteiger partial charge in [0.15, 0.2) is 0 Å². The Morgan fingerprint density at radius 3 is 2.67 bits per heavy atom. The molecule has 1 rings (SSSR count). The number of aryl methyl sites for hydroxylation is 1. The van der Waals surface area contributed by atoms with Crippen molar-refractivity contribution in [2.75, 3.05) is 5.32 Å². The molecule has 0 unspecified atom stereocenters. The van der Waals surface area contributed by atoms with Gasteiger partial charge in [-0.2, -0.15) is 0 Å². The monoisotopic (exact) mass is 268 g/mol. The number of benzene rings is 1. The maximum Gasteiger partial charge on any atom is 0.247 e. The summed E-state index contributed by atoms with van der Waals surface area (Å²) in [6.45, 7) is 5.29. The molecule has 1 aromatic rings. The Morgan fingerprint density at radius 2 is 2.17 bits per heavy atom. The van der Waals surface area contributed by atoms with E-state index in [0.29, 0.717) is 0 Å². The predicted molar refractivity (Wildman–Crippen MR) is 70.6 cm³/mol. The van der Waals surface area contributed by atoms with Crippen LogP contribution in [-0.4, -0.2) is 14.3 Å². The number of rotatable bonds is 5. The summed E-state index contributed by atoms with van der Waals surface area (Å²) < 4.78 is 23.0. The molecule has 0 heterocycles. The third kappa shape index (κ3) is 3.68. The smallest absolute Gasteiger partial charge is 0.247 e. The summed E-state index contributed by atoms with van der Waals surface area (Å²) in [6.07, 6.45) is 2.70. The van der Waals surface area contributed by atoms with Crippen molar-refractivity contribution in [3.63, 3.8) is 0 Å². The summed E-state index contributed by atoms with van der Waals surface area (Å²) in [5.41, 5.74) is 1.03. The molecule has 1 aromatic carbocycles. The SMILES string of the molecule is C=CC(=O)Nc1ccc(CCC)cc1S(N)(=O)=O. The van der Waals surface area contributed by atoms with Gasteiger partial charge >= 0.3 is 0 Å². The number of carbonyl (C=O) groups excluding carboxylic acids is 1. The van der Waals surface area contributed by atoms with Gasteiger partial charge in [0.05, 0.1) is 5.69 Å². The number of primary sulfonamides is 1. The first-order valence-electron chi connectivity index (χ1n) is 5.47. The molecule has 6 heteroatoms. The highest BCUT2D eigenvalue weighted by molar-refractivity contribution is 7.89. The van der Waals surface area contributed by atoms with Gasteiger partial charge in [0.1, 0.15) is 4.90 Å². The van der Waals surface area contributed by atoms with Crippen LogP contribution in [0.15, 0.2) is 35.7 Å². The Morgan fingerprint density at radius 1 is 1.50 bits per heavy atom. The average Bonchev–Trinajstić information content (AvgIpc) is 2.30. The molecule has 0 aliphatic rings. The van der Waals surface area contributed by atoms with E-state index in [1.54, 1.807) is 6.07 Å². The van der Waals surface area contributed by atoms with Gasteiger partial charge in [0.2, 0.25) is 15.9 Å². The first-order chi connectivity index (χ1) is 8.38. The van der Waals surface area contributed by atoms with Gasteiger partial charge in [0.25, 0.3) is 0 Å². The number of nitrogens with two attached hydrogens (primary N) is 1. The quantitative estimate of drug-likeness (QED) is 0.791. The second-order valence-electron chi connectivity index (χ2n) is 3.82. The number of carbonyl (C=O) groups is 1. The van der Waals surface area contributed by atoms with Gasteiger partial charge in [0, 0.05) is 0 Å². The minimum atomic E-state index is -3.88. The molecular formula is C12H16N2O3S. The number of nitrogens with one attached hydrogen (secondary N) is 1. The third-order valence-corrected chi connectivity index (χ3v) is 3.29. The molecular weight excluding hydrogens is 252 g/mol. The lowest BCUT2D eigenvalue weighted by molar-refractivity contribution is -0.111. The number of anilines is 1. The zero-order valence-electron chi connectivity index (χ0n) is 10.1. The van der Waals surface area contributed by atoms with Crippen molar-refractivity contribution in [1.82, 2.24) is 0 Å². The van der Waals surface area contributed by atoms with Crippen molar-refractivity contribution in [3.05, 3.63) is 36.4 Å². The molecule has 0 radical (unpaired) electrons. The van der Waals surface area contributed by atoms with Gasteiger partial charge in [-0.1, -0.05) is 26.0 Å². The van der Waals surface area contributed by atoms with Crippen LogP contribution in [0.25, 0.3) is 0 Å². The maximum atomic E-state index is 11.5. The fraction of sp³-hybridized carbons (Fsp3) is 0.250. The summed E-state index contributed by atoms with van der Waals surface area (Å²) in [6, 6.07) is 4.78. The average molecular weight is 268 g/mol. The van der Waals surface area contributed by atoms with Crippen LogP contribution < -0.4 is 10.5 Å². The molecule has 1 amide bonds. The highest BCUT2D eigenvalue weighted by Gasteiger charge is 2.15. The van der Waals surface area contributed by atoms with E-state index in [9.17, 15) is 13.2 Å². The van der Waals surface area contributed by atoms with Crippen LogP contribution in [0.4, 0.5) is 5.69 Å². The Balaban J connectivity index is 3.25. The van der Waals surface area contributed by atoms with E-state index < -0.39 is 15.9 Å². The largest absolute Gasteiger partial charge is 0.321 e. The first kappa shape index (κ1) is 14.4. The van der Waals surface area contributed by atoms with E-state index >= 15 is 0 Å². The summed E-state index contributed by atoms with van der Waals surface area (Å²) in [5, 5.41) is 7.55. The Kier molecular flexibility index (Phi) is 4.63. The van der Waals surface area contributed by atoms with Crippen molar-refractivity contribution in [2.24, 2.45) is 5.14 Å². The van der Waals surface area contributed by atoms with E-state index in [-0.39, 0.29) is 10.6 Å². The Labute approximate surface area is 107 Å². The van der Waals surface area contributed by atoms with Crippen LogP contribution in [0.2, 0.25) is 0 Å². The van der Waals surface area contributed by atoms with Gasteiger partial charge in [-0.15, -0.1) is 0 Å². The molecule has 0 aliphatic carbocycles. The molecule has 5 nitrogen and oxygen atoms in total. The second-order valence-corrected chi connectivity index (χ2v) is 5.35. The molecule has 0 aliphatic heterocycles. The molecule has 0 fully saturated rings. The predicted octanol–water partition coefficient (Wildman–Crippen LogP) is 1.41. The third-order valence-electron chi connectivity index (χ3n) is 2.33. The lowest BCUT2D eigenvalue weighted by atomic mass is 10.1. The second kappa shape index (κ2) is 5.79. The molecule has 0 spiro atoms. The number of sulfonamides is 1. The highest BCUT2D eigenvalue weighted by Crippen LogP contribution is 2.22. The fourth-order valence-electron chi connectivity index (χ4n) is 1.53. The summed E-state index contributed by atoms with van der Waals surface area (Å²) >= 11 is 0. The summed E-state index contributed by atoms with van der Waals surface area (Å²) in [4.78, 5) is 11.1. The normalized spacial score (nSPS) is 11.0. The summed E-state index contributed by atoms with van der Waals surface area (Å²) in [7, 11) is -3.88. The van der Waals surface area contributed by atoms with Gasteiger partial charge in [-0.05, 0) is 30.2 Å². The van der Waals surface area contributed by atoms with Crippen molar-refractivity contribution >= 4 is 21.6 Å². The van der Waals surface area contributed by atoms with Gasteiger partial charge in [-0.3, -0.25) is 4.79 Å². The minimum Gasteiger partial charge on any atom is -0.321 e. The van der Waals surface area contributed by atoms with Crippen molar-refractivity contribution in [3.8, 4) is 0 Å². The van der Waals surface area contributed by atoms with Crippen molar-refractivity contribution in [2.45, 2.75) is 24.7 Å². The van der Waals surface area contributed by atoms with Crippen LogP contribution >= 0.6 is 0 Å². The summed E-state index contributed by atoms with van der Waals surface area (Å²) in [5.74, 6) is -0.483. The minimum absolute atomic E-state index is 0.0800. The van der Waals surface area contributed by atoms with E-state index in [2.05, 4.69) is 11.9 Å². The topological polar surface area (TPSA) is 89.3 Å².